The number of benzene rings is 1. The first-order chi connectivity index (χ1) is 13.6. The van der Waals surface area contributed by atoms with Crippen molar-refractivity contribution >= 4 is 17.3 Å². The molecule has 0 bridgehead atoms. The molecule has 0 unspecified atom stereocenters. The molecule has 10 heteroatoms. The van der Waals surface area contributed by atoms with Gasteiger partial charge in [-0.3, -0.25) is 10.1 Å². The van der Waals surface area contributed by atoms with Gasteiger partial charge in [0.25, 0.3) is 0 Å². The number of hydrogen-bond donors (Lipinski definition) is 1. The summed E-state index contributed by atoms with van der Waals surface area (Å²) < 4.78 is 15.8. The van der Waals surface area contributed by atoms with Crippen molar-refractivity contribution in [1.82, 2.24) is 9.97 Å². The predicted octanol–water partition coefficient (Wildman–Crippen LogP) is 1.89. The summed E-state index contributed by atoms with van der Waals surface area (Å²) in [5.74, 6) is 1.82. The molecular weight excluding hydrogens is 366 g/mol. The fourth-order valence-electron chi connectivity index (χ4n) is 3.03. The van der Waals surface area contributed by atoms with E-state index in [0.717, 1.165) is 5.56 Å². The van der Waals surface area contributed by atoms with Gasteiger partial charge in [-0.2, -0.15) is 0 Å². The van der Waals surface area contributed by atoms with Crippen molar-refractivity contribution < 1.29 is 19.1 Å². The standard InChI is InChI=1S/C18H23N5O5/c1-26-14-4-3-13(11-15(14)27-2)5-6-19-17-16(23(24)25)18(21-12-20-17)22-7-9-28-10-8-22/h3-4,11-12H,5-10H2,1-2H3,(H,19,20,21). The highest BCUT2D eigenvalue weighted by molar-refractivity contribution is 5.70. The van der Waals surface area contributed by atoms with Crippen LogP contribution in [0.4, 0.5) is 17.3 Å². The minimum absolute atomic E-state index is 0.114. The highest BCUT2D eigenvalue weighted by Crippen LogP contribution is 2.32. The maximum absolute atomic E-state index is 11.7. The summed E-state index contributed by atoms with van der Waals surface area (Å²) in [6.45, 7) is 2.62. The SMILES string of the molecule is COc1ccc(CCNc2ncnc(N3CCOCC3)c2[N+](=O)[O-])cc1OC. The predicted molar refractivity (Wildman–Crippen MR) is 103 cm³/mol. The number of aromatic nitrogens is 2. The van der Waals surface area contributed by atoms with Gasteiger partial charge in [0.15, 0.2) is 11.5 Å². The first-order valence-corrected chi connectivity index (χ1v) is 8.91. The second-order valence-electron chi connectivity index (χ2n) is 6.12. The summed E-state index contributed by atoms with van der Waals surface area (Å²) in [6, 6.07) is 5.64. The molecule has 2 heterocycles. The van der Waals surface area contributed by atoms with E-state index in [2.05, 4.69) is 15.3 Å². The Labute approximate surface area is 162 Å². The van der Waals surface area contributed by atoms with E-state index in [1.165, 1.54) is 6.33 Å². The number of morpholine rings is 1. The van der Waals surface area contributed by atoms with Gasteiger partial charge in [0.05, 0.1) is 32.4 Å². The Balaban J connectivity index is 1.73. The molecule has 0 saturated carbocycles. The molecule has 0 spiro atoms. The Bertz CT molecular complexity index is 826. The highest BCUT2D eigenvalue weighted by Gasteiger charge is 2.27. The molecule has 28 heavy (non-hydrogen) atoms. The lowest BCUT2D eigenvalue weighted by molar-refractivity contribution is -0.383. The maximum Gasteiger partial charge on any atom is 0.353 e. The Kier molecular flexibility index (Phi) is 6.43. The molecule has 1 aliphatic rings. The van der Waals surface area contributed by atoms with Crippen LogP contribution in [0.5, 0.6) is 11.5 Å². The number of nitro groups is 1. The third-order valence-corrected chi connectivity index (χ3v) is 4.45. The van der Waals surface area contributed by atoms with E-state index >= 15 is 0 Å². The monoisotopic (exact) mass is 389 g/mol. The minimum Gasteiger partial charge on any atom is -0.493 e. The molecule has 2 aromatic rings. The summed E-state index contributed by atoms with van der Waals surface area (Å²) in [4.78, 5) is 21.3. The Morgan fingerprint density at radius 3 is 2.64 bits per heavy atom. The third-order valence-electron chi connectivity index (χ3n) is 4.45. The van der Waals surface area contributed by atoms with Crippen LogP contribution in [-0.2, 0) is 11.2 Å². The van der Waals surface area contributed by atoms with Crippen molar-refractivity contribution in [1.29, 1.82) is 0 Å². The molecule has 1 N–H and O–H groups in total. The van der Waals surface area contributed by atoms with E-state index in [1.54, 1.807) is 14.2 Å². The van der Waals surface area contributed by atoms with E-state index in [4.69, 9.17) is 14.2 Å². The van der Waals surface area contributed by atoms with Gasteiger partial charge in [0.1, 0.15) is 6.33 Å². The van der Waals surface area contributed by atoms with Crippen LogP contribution < -0.4 is 19.7 Å². The van der Waals surface area contributed by atoms with Crippen LogP contribution in [0.1, 0.15) is 5.56 Å². The number of anilines is 2. The van der Waals surface area contributed by atoms with E-state index in [9.17, 15) is 10.1 Å². The van der Waals surface area contributed by atoms with Gasteiger partial charge < -0.3 is 24.4 Å². The zero-order chi connectivity index (χ0) is 19.9. The Hall–Kier alpha value is -3.14. The Morgan fingerprint density at radius 2 is 1.96 bits per heavy atom. The number of rotatable bonds is 8. The van der Waals surface area contributed by atoms with Crippen molar-refractivity contribution in [2.75, 3.05) is 57.3 Å². The first-order valence-electron chi connectivity index (χ1n) is 8.91. The van der Waals surface area contributed by atoms with E-state index < -0.39 is 4.92 Å². The van der Waals surface area contributed by atoms with Crippen molar-refractivity contribution in [3.63, 3.8) is 0 Å². The number of nitrogens with zero attached hydrogens (tertiary/aromatic N) is 4. The zero-order valence-electron chi connectivity index (χ0n) is 15.9. The van der Waals surface area contributed by atoms with Gasteiger partial charge in [0, 0.05) is 19.6 Å². The second kappa shape index (κ2) is 9.18. The number of hydrogen-bond acceptors (Lipinski definition) is 9. The molecule has 1 aromatic carbocycles. The van der Waals surface area contributed by atoms with Crippen LogP contribution >= 0.6 is 0 Å². The van der Waals surface area contributed by atoms with Crippen molar-refractivity contribution in [3.8, 4) is 11.5 Å². The molecule has 3 rings (SSSR count). The summed E-state index contributed by atoms with van der Waals surface area (Å²) in [5, 5.41) is 14.7. The topological polar surface area (TPSA) is 112 Å². The summed E-state index contributed by atoms with van der Waals surface area (Å²) >= 11 is 0. The largest absolute Gasteiger partial charge is 0.493 e. The van der Waals surface area contributed by atoms with Crippen LogP contribution in [0.15, 0.2) is 24.5 Å². The van der Waals surface area contributed by atoms with Gasteiger partial charge in [0.2, 0.25) is 11.6 Å². The number of nitrogens with one attached hydrogen (secondary N) is 1. The second-order valence-corrected chi connectivity index (χ2v) is 6.12. The molecule has 0 atom stereocenters. The lowest BCUT2D eigenvalue weighted by Gasteiger charge is -2.27. The van der Waals surface area contributed by atoms with Crippen molar-refractivity contribution in [3.05, 3.63) is 40.2 Å². The fraction of sp³-hybridized carbons (Fsp3) is 0.444. The van der Waals surface area contributed by atoms with E-state index in [-0.39, 0.29) is 11.5 Å². The fourth-order valence-corrected chi connectivity index (χ4v) is 3.03. The average molecular weight is 389 g/mol. The Morgan fingerprint density at radius 1 is 1.21 bits per heavy atom. The minimum atomic E-state index is -0.441. The van der Waals surface area contributed by atoms with Crippen LogP contribution in [0.25, 0.3) is 0 Å². The molecule has 10 nitrogen and oxygen atoms in total. The average Bonchev–Trinajstić information content (AvgIpc) is 2.73. The van der Waals surface area contributed by atoms with Crippen LogP contribution in [0.2, 0.25) is 0 Å². The molecule has 1 aliphatic heterocycles. The maximum atomic E-state index is 11.7. The summed E-state index contributed by atoms with van der Waals surface area (Å²) in [7, 11) is 3.16. The molecule has 0 radical (unpaired) electrons. The van der Waals surface area contributed by atoms with Gasteiger partial charge in [-0.1, -0.05) is 6.07 Å². The van der Waals surface area contributed by atoms with Gasteiger partial charge in [-0.25, -0.2) is 9.97 Å². The van der Waals surface area contributed by atoms with E-state index in [1.807, 2.05) is 23.1 Å². The first kappa shape index (κ1) is 19.6. The lowest BCUT2D eigenvalue weighted by atomic mass is 10.1. The normalized spacial score (nSPS) is 13.9. The van der Waals surface area contributed by atoms with Gasteiger partial charge >= 0.3 is 5.69 Å². The summed E-state index contributed by atoms with van der Waals surface area (Å²) in [6.07, 6.45) is 1.98. The van der Waals surface area contributed by atoms with Gasteiger partial charge in [-0.15, -0.1) is 0 Å². The number of ether oxygens (including phenoxy) is 3. The molecule has 150 valence electrons. The highest BCUT2D eigenvalue weighted by atomic mass is 16.6. The molecule has 1 aromatic heterocycles. The molecule has 1 saturated heterocycles. The van der Waals surface area contributed by atoms with Crippen molar-refractivity contribution in [2.45, 2.75) is 6.42 Å². The van der Waals surface area contributed by atoms with E-state index in [0.29, 0.717) is 56.6 Å². The molecule has 1 fully saturated rings. The van der Waals surface area contributed by atoms with Crippen LogP contribution in [0, 0.1) is 10.1 Å². The van der Waals surface area contributed by atoms with Crippen molar-refractivity contribution in [2.24, 2.45) is 0 Å². The van der Waals surface area contributed by atoms with Crippen LogP contribution in [-0.4, -0.2) is 62.0 Å². The molecule has 0 amide bonds. The third kappa shape index (κ3) is 4.39. The quantitative estimate of drug-likeness (QED) is 0.534. The number of methoxy groups -OCH3 is 2. The zero-order valence-corrected chi connectivity index (χ0v) is 15.9. The lowest BCUT2D eigenvalue weighted by Crippen LogP contribution is -2.37. The van der Waals surface area contributed by atoms with Crippen LogP contribution in [0.3, 0.4) is 0 Å². The molecular formula is C18H23N5O5. The smallest absolute Gasteiger partial charge is 0.353 e. The summed E-state index contributed by atoms with van der Waals surface area (Å²) in [5.41, 5.74) is 0.895. The molecule has 0 aliphatic carbocycles. The van der Waals surface area contributed by atoms with Gasteiger partial charge in [-0.05, 0) is 24.1 Å².